The fourth-order valence-electron chi connectivity index (χ4n) is 4.60. The molecular formula is C32H38N4O2. The second-order valence-corrected chi connectivity index (χ2v) is 10.1. The molecule has 6 heteroatoms. The third kappa shape index (κ3) is 6.82. The second-order valence-electron chi connectivity index (χ2n) is 10.1. The van der Waals surface area contributed by atoms with E-state index in [0.717, 1.165) is 35.2 Å². The molecule has 3 amide bonds. The number of carbonyl (C=O) groups is 2. The maximum atomic E-state index is 13.7. The molecule has 2 N–H and O–H groups in total. The monoisotopic (exact) mass is 510 g/mol. The van der Waals surface area contributed by atoms with Crippen molar-refractivity contribution in [1.82, 2.24) is 14.8 Å². The van der Waals surface area contributed by atoms with Gasteiger partial charge in [-0.1, -0.05) is 67.1 Å². The summed E-state index contributed by atoms with van der Waals surface area (Å²) >= 11 is 0. The molecule has 0 atom stereocenters. The molecule has 0 aliphatic heterocycles. The Kier molecular flexibility index (Phi) is 8.85. The third-order valence-corrected chi connectivity index (χ3v) is 6.95. The smallest absolute Gasteiger partial charge is 0.322 e. The van der Waals surface area contributed by atoms with Gasteiger partial charge >= 0.3 is 6.03 Å². The number of urea groups is 1. The summed E-state index contributed by atoms with van der Waals surface area (Å²) in [7, 11) is 0. The molecule has 0 aliphatic rings. The van der Waals surface area contributed by atoms with Crippen LogP contribution in [-0.4, -0.2) is 45.9 Å². The highest BCUT2D eigenvalue weighted by Crippen LogP contribution is 2.19. The summed E-state index contributed by atoms with van der Waals surface area (Å²) in [6.45, 7) is 9.07. The van der Waals surface area contributed by atoms with Crippen molar-refractivity contribution in [3.05, 3.63) is 101 Å². The minimum absolute atomic E-state index is 0.0106. The first kappa shape index (κ1) is 27.0. The predicted octanol–water partition coefficient (Wildman–Crippen LogP) is 6.55. The number of aromatic nitrogens is 1. The summed E-state index contributed by atoms with van der Waals surface area (Å²) in [6.07, 6.45) is 3.64. The van der Waals surface area contributed by atoms with E-state index in [1.807, 2.05) is 61.3 Å². The number of benzene rings is 3. The molecule has 4 rings (SSSR count). The standard InChI is InChI=1S/C32H38N4O2/c1-5-25-9-8-10-28(19-25)34-32(38)36(23(2)3)22-31(37)35(21-26-15-13-24(4)14-16-26)18-17-27-20-33-30-12-7-6-11-29(27)30/h6-16,19-20,23,33H,5,17-18,21-22H2,1-4H3,(H,34,38). The molecule has 0 bridgehead atoms. The Morgan fingerprint density at radius 2 is 1.71 bits per heavy atom. The summed E-state index contributed by atoms with van der Waals surface area (Å²) in [5.41, 5.74) is 6.41. The Morgan fingerprint density at radius 1 is 0.947 bits per heavy atom. The number of H-pyrrole nitrogens is 1. The molecule has 38 heavy (non-hydrogen) atoms. The molecule has 0 aliphatic carbocycles. The summed E-state index contributed by atoms with van der Waals surface area (Å²) in [4.78, 5) is 33.7. The van der Waals surface area contributed by atoms with Crippen LogP contribution in [0.1, 0.15) is 43.0 Å². The molecule has 0 unspecified atom stereocenters. The van der Waals surface area contributed by atoms with E-state index in [0.29, 0.717) is 13.1 Å². The van der Waals surface area contributed by atoms with Crippen LogP contribution >= 0.6 is 0 Å². The van der Waals surface area contributed by atoms with Crippen molar-refractivity contribution in [2.24, 2.45) is 0 Å². The lowest BCUT2D eigenvalue weighted by molar-refractivity contribution is -0.132. The highest BCUT2D eigenvalue weighted by Gasteiger charge is 2.24. The minimum atomic E-state index is -0.270. The predicted molar refractivity (Wildman–Crippen MR) is 155 cm³/mol. The first-order chi connectivity index (χ1) is 18.3. The molecule has 0 saturated heterocycles. The van der Waals surface area contributed by atoms with Gasteiger partial charge in [0.05, 0.1) is 0 Å². The summed E-state index contributed by atoms with van der Waals surface area (Å²) in [5.74, 6) is -0.0726. The number of nitrogens with one attached hydrogen (secondary N) is 2. The Balaban J connectivity index is 1.50. The van der Waals surface area contributed by atoms with Gasteiger partial charge in [-0.25, -0.2) is 4.79 Å². The number of aromatic amines is 1. The molecule has 198 valence electrons. The lowest BCUT2D eigenvalue weighted by atomic mass is 10.1. The highest BCUT2D eigenvalue weighted by molar-refractivity contribution is 5.92. The second kappa shape index (κ2) is 12.5. The molecule has 1 heterocycles. The molecule has 3 aromatic carbocycles. The summed E-state index contributed by atoms with van der Waals surface area (Å²) < 4.78 is 0. The molecular weight excluding hydrogens is 472 g/mol. The maximum Gasteiger partial charge on any atom is 0.322 e. The van der Waals surface area contributed by atoms with Crippen molar-refractivity contribution in [1.29, 1.82) is 0 Å². The molecule has 0 spiro atoms. The van der Waals surface area contributed by atoms with E-state index >= 15 is 0 Å². The van der Waals surface area contributed by atoms with Crippen LogP contribution in [0.4, 0.5) is 10.5 Å². The number of fused-ring (bicyclic) bond motifs is 1. The Labute approximate surface area is 225 Å². The number of rotatable bonds is 10. The average Bonchev–Trinajstić information content (AvgIpc) is 3.33. The van der Waals surface area contributed by atoms with Crippen molar-refractivity contribution in [2.75, 3.05) is 18.4 Å². The number of aryl methyl sites for hydroxylation is 2. The SMILES string of the molecule is CCc1cccc(NC(=O)N(CC(=O)N(CCc2c[nH]c3ccccc23)Cc2ccc(C)cc2)C(C)C)c1. The number of hydrogen-bond acceptors (Lipinski definition) is 2. The van der Waals surface area contributed by atoms with Crippen LogP contribution in [0.5, 0.6) is 0 Å². The van der Waals surface area contributed by atoms with Gasteiger partial charge in [0.25, 0.3) is 0 Å². The summed E-state index contributed by atoms with van der Waals surface area (Å²) in [6, 6.07) is 23.9. The molecule has 6 nitrogen and oxygen atoms in total. The number of para-hydroxylation sites is 1. The Morgan fingerprint density at radius 3 is 2.45 bits per heavy atom. The van der Waals surface area contributed by atoms with Crippen molar-refractivity contribution >= 4 is 28.5 Å². The van der Waals surface area contributed by atoms with E-state index in [2.05, 4.69) is 60.5 Å². The fourth-order valence-corrected chi connectivity index (χ4v) is 4.60. The molecule has 1 aromatic heterocycles. The number of hydrogen-bond donors (Lipinski definition) is 2. The lowest BCUT2D eigenvalue weighted by Crippen LogP contribution is -2.47. The fraction of sp³-hybridized carbons (Fsp3) is 0.312. The normalized spacial score (nSPS) is 11.1. The summed E-state index contributed by atoms with van der Waals surface area (Å²) in [5, 5.41) is 4.16. The third-order valence-electron chi connectivity index (χ3n) is 6.95. The zero-order chi connectivity index (χ0) is 27.1. The topological polar surface area (TPSA) is 68.4 Å². The molecule has 0 radical (unpaired) electrons. The van der Waals surface area contributed by atoms with Gasteiger partial charge in [-0.15, -0.1) is 0 Å². The van der Waals surface area contributed by atoms with Gasteiger partial charge in [0.2, 0.25) is 5.91 Å². The van der Waals surface area contributed by atoms with Gasteiger partial charge in [-0.05, 0) is 68.5 Å². The molecule has 0 fully saturated rings. The van der Waals surface area contributed by atoms with Crippen molar-refractivity contribution in [2.45, 2.75) is 53.1 Å². The molecule has 0 saturated carbocycles. The van der Waals surface area contributed by atoms with Crippen LogP contribution in [0, 0.1) is 6.92 Å². The lowest BCUT2D eigenvalue weighted by Gasteiger charge is -2.30. The van der Waals surface area contributed by atoms with Crippen LogP contribution in [0.25, 0.3) is 10.9 Å². The van der Waals surface area contributed by atoms with Gasteiger partial charge < -0.3 is 20.1 Å². The van der Waals surface area contributed by atoms with E-state index in [-0.39, 0.29) is 24.5 Å². The van der Waals surface area contributed by atoms with Crippen molar-refractivity contribution < 1.29 is 9.59 Å². The average molecular weight is 511 g/mol. The van der Waals surface area contributed by atoms with Crippen LogP contribution in [-0.2, 0) is 24.2 Å². The van der Waals surface area contributed by atoms with Gasteiger partial charge in [0.15, 0.2) is 0 Å². The van der Waals surface area contributed by atoms with Crippen LogP contribution in [0.2, 0.25) is 0 Å². The van der Waals surface area contributed by atoms with E-state index in [1.165, 1.54) is 16.5 Å². The van der Waals surface area contributed by atoms with Gasteiger partial charge in [0.1, 0.15) is 6.54 Å². The van der Waals surface area contributed by atoms with E-state index in [4.69, 9.17) is 0 Å². The number of anilines is 1. The highest BCUT2D eigenvalue weighted by atomic mass is 16.2. The van der Waals surface area contributed by atoms with Crippen molar-refractivity contribution in [3.63, 3.8) is 0 Å². The van der Waals surface area contributed by atoms with Crippen LogP contribution in [0.3, 0.4) is 0 Å². The van der Waals surface area contributed by atoms with Gasteiger partial charge in [0, 0.05) is 41.9 Å². The van der Waals surface area contributed by atoms with E-state index in [1.54, 1.807) is 4.90 Å². The van der Waals surface area contributed by atoms with Gasteiger partial charge in [-0.3, -0.25) is 4.79 Å². The van der Waals surface area contributed by atoms with Crippen LogP contribution in [0.15, 0.2) is 79.0 Å². The Bertz CT molecular complexity index is 1370. The van der Waals surface area contributed by atoms with Crippen LogP contribution < -0.4 is 5.32 Å². The first-order valence-electron chi connectivity index (χ1n) is 13.4. The zero-order valence-electron chi connectivity index (χ0n) is 22.8. The van der Waals surface area contributed by atoms with Crippen molar-refractivity contribution in [3.8, 4) is 0 Å². The largest absolute Gasteiger partial charge is 0.361 e. The van der Waals surface area contributed by atoms with E-state index in [9.17, 15) is 9.59 Å². The zero-order valence-corrected chi connectivity index (χ0v) is 22.8. The first-order valence-corrected chi connectivity index (χ1v) is 13.4. The number of amides is 3. The maximum absolute atomic E-state index is 13.7. The Hall–Kier alpha value is -4.06. The van der Waals surface area contributed by atoms with Gasteiger partial charge in [-0.2, -0.15) is 0 Å². The molecule has 4 aromatic rings. The quantitative estimate of drug-likeness (QED) is 0.254. The number of nitrogens with zero attached hydrogens (tertiary/aromatic N) is 2. The number of carbonyl (C=O) groups excluding carboxylic acids is 2. The van der Waals surface area contributed by atoms with E-state index < -0.39 is 0 Å². The minimum Gasteiger partial charge on any atom is -0.361 e.